The molecule has 0 amide bonds. The lowest BCUT2D eigenvalue weighted by Crippen LogP contribution is -2.22. The number of aromatic nitrogens is 1. The third-order valence-electron chi connectivity index (χ3n) is 4.62. The predicted molar refractivity (Wildman–Crippen MR) is 111 cm³/mol. The van der Waals surface area contributed by atoms with Crippen LogP contribution in [0.5, 0.6) is 17.2 Å². The normalized spacial score (nSPS) is 13.1. The Bertz CT molecular complexity index is 1190. The number of hydrogen-bond acceptors (Lipinski definition) is 5. The van der Waals surface area contributed by atoms with Crippen molar-refractivity contribution in [3.8, 4) is 39.8 Å². The number of hydrogen-bond donors (Lipinski definition) is 0. The van der Waals surface area contributed by atoms with Crippen molar-refractivity contribution in [3.05, 3.63) is 60.7 Å². The topological polar surface area (TPSA) is 53.7 Å². The number of ether oxygens (including phenoxy) is 3. The lowest BCUT2D eigenvalue weighted by atomic mass is 10.0. The Balaban J connectivity index is 1.45. The average molecular weight is 387 g/mol. The highest BCUT2D eigenvalue weighted by Crippen LogP contribution is 2.37. The molecule has 3 aromatic carbocycles. The van der Waals surface area contributed by atoms with E-state index in [1.54, 1.807) is 0 Å². The first-order valence-electron chi connectivity index (χ1n) is 9.55. The van der Waals surface area contributed by atoms with Gasteiger partial charge in [0.2, 0.25) is 12.7 Å². The summed E-state index contributed by atoms with van der Waals surface area (Å²) in [7, 11) is 0. The van der Waals surface area contributed by atoms with Crippen LogP contribution < -0.4 is 14.2 Å². The van der Waals surface area contributed by atoms with E-state index in [1.807, 2.05) is 81.4 Å². The van der Waals surface area contributed by atoms with Crippen LogP contribution in [0.3, 0.4) is 0 Å². The Morgan fingerprint density at radius 3 is 2.28 bits per heavy atom. The van der Waals surface area contributed by atoms with Gasteiger partial charge in [0.05, 0.1) is 0 Å². The van der Waals surface area contributed by atoms with E-state index in [4.69, 9.17) is 18.6 Å². The van der Waals surface area contributed by atoms with Crippen molar-refractivity contribution in [2.24, 2.45) is 0 Å². The van der Waals surface area contributed by atoms with E-state index in [9.17, 15) is 0 Å². The molecule has 5 heteroatoms. The van der Waals surface area contributed by atoms with Crippen LogP contribution in [0.15, 0.2) is 65.1 Å². The summed E-state index contributed by atoms with van der Waals surface area (Å²) in [5.41, 5.74) is 4.31. The molecule has 2 heterocycles. The minimum atomic E-state index is -0.232. The third kappa shape index (κ3) is 3.51. The van der Waals surface area contributed by atoms with Crippen molar-refractivity contribution in [1.29, 1.82) is 0 Å². The molecule has 0 spiro atoms. The van der Waals surface area contributed by atoms with Gasteiger partial charge >= 0.3 is 0 Å². The van der Waals surface area contributed by atoms with Gasteiger partial charge in [-0.25, -0.2) is 4.98 Å². The predicted octanol–water partition coefficient (Wildman–Crippen LogP) is 6.07. The maximum absolute atomic E-state index is 6.04. The van der Waals surface area contributed by atoms with Gasteiger partial charge in [-0.15, -0.1) is 0 Å². The molecule has 0 fully saturated rings. The summed E-state index contributed by atoms with van der Waals surface area (Å²) in [6, 6.07) is 19.7. The molecule has 0 unspecified atom stereocenters. The molecule has 0 aliphatic carbocycles. The molecular weight excluding hydrogens is 366 g/mol. The quantitative estimate of drug-likeness (QED) is 0.427. The molecule has 0 saturated carbocycles. The van der Waals surface area contributed by atoms with E-state index < -0.39 is 0 Å². The number of fused-ring (bicyclic) bond motifs is 2. The van der Waals surface area contributed by atoms with Gasteiger partial charge in [-0.3, -0.25) is 0 Å². The summed E-state index contributed by atoms with van der Waals surface area (Å²) in [5.74, 6) is 2.95. The van der Waals surface area contributed by atoms with E-state index in [0.717, 1.165) is 45.0 Å². The molecule has 0 bridgehead atoms. The van der Waals surface area contributed by atoms with Gasteiger partial charge in [-0.2, -0.15) is 0 Å². The van der Waals surface area contributed by atoms with Crippen molar-refractivity contribution < 1.29 is 18.6 Å². The van der Waals surface area contributed by atoms with Gasteiger partial charge in [0.15, 0.2) is 17.1 Å². The minimum absolute atomic E-state index is 0.232. The highest BCUT2D eigenvalue weighted by atomic mass is 16.7. The maximum Gasteiger partial charge on any atom is 0.231 e. The molecule has 1 aromatic heterocycles. The van der Waals surface area contributed by atoms with Crippen molar-refractivity contribution >= 4 is 11.1 Å². The minimum Gasteiger partial charge on any atom is -0.488 e. The molecule has 1 aliphatic heterocycles. The van der Waals surface area contributed by atoms with E-state index >= 15 is 0 Å². The Hall–Kier alpha value is -3.47. The second-order valence-corrected chi connectivity index (χ2v) is 8.01. The highest BCUT2D eigenvalue weighted by Gasteiger charge is 2.16. The van der Waals surface area contributed by atoms with Crippen molar-refractivity contribution in [2.45, 2.75) is 26.4 Å². The largest absolute Gasteiger partial charge is 0.488 e. The standard InChI is InChI=1S/C24H21NO4/c1-24(2,3)29-18-8-4-15(5-9-18)23-25-19-10-6-16(12-21(19)28-23)17-7-11-20-22(13-17)27-14-26-20/h4-13H,14H2,1-3H3. The third-order valence-corrected chi connectivity index (χ3v) is 4.62. The van der Waals surface area contributed by atoms with Crippen LogP contribution in [0.2, 0.25) is 0 Å². The van der Waals surface area contributed by atoms with Gasteiger partial charge in [0, 0.05) is 5.56 Å². The lowest BCUT2D eigenvalue weighted by molar-refractivity contribution is 0.131. The molecule has 1 aliphatic rings. The fourth-order valence-corrected chi connectivity index (χ4v) is 3.32. The van der Waals surface area contributed by atoms with Crippen LogP contribution in [-0.2, 0) is 0 Å². The molecule has 4 aromatic rings. The Morgan fingerprint density at radius 2 is 1.48 bits per heavy atom. The summed E-state index contributed by atoms with van der Waals surface area (Å²) in [6.45, 7) is 6.35. The van der Waals surface area contributed by atoms with Crippen LogP contribution in [0.1, 0.15) is 20.8 Å². The summed E-state index contributed by atoms with van der Waals surface area (Å²) in [5, 5.41) is 0. The molecule has 0 saturated heterocycles. The monoisotopic (exact) mass is 387 g/mol. The number of nitrogens with zero attached hydrogens (tertiary/aromatic N) is 1. The SMILES string of the molecule is CC(C)(C)Oc1ccc(-c2nc3ccc(-c4ccc5c(c4)OCO5)cc3o2)cc1. The smallest absolute Gasteiger partial charge is 0.231 e. The molecule has 146 valence electrons. The number of rotatable bonds is 3. The zero-order chi connectivity index (χ0) is 20.0. The molecule has 29 heavy (non-hydrogen) atoms. The van der Waals surface area contributed by atoms with Crippen LogP contribution in [-0.4, -0.2) is 17.4 Å². The average Bonchev–Trinajstić information content (AvgIpc) is 3.32. The maximum atomic E-state index is 6.04. The van der Waals surface area contributed by atoms with Crippen molar-refractivity contribution in [3.63, 3.8) is 0 Å². The van der Waals surface area contributed by atoms with E-state index in [0.29, 0.717) is 5.89 Å². The Labute approximate surface area is 168 Å². The summed E-state index contributed by atoms with van der Waals surface area (Å²) >= 11 is 0. The van der Waals surface area contributed by atoms with Gasteiger partial charge in [0.1, 0.15) is 16.9 Å². The Morgan fingerprint density at radius 1 is 0.793 bits per heavy atom. The van der Waals surface area contributed by atoms with Crippen LogP contribution in [0, 0.1) is 0 Å². The lowest BCUT2D eigenvalue weighted by Gasteiger charge is -2.21. The molecule has 5 nitrogen and oxygen atoms in total. The van der Waals surface area contributed by atoms with Crippen LogP contribution in [0.4, 0.5) is 0 Å². The number of oxazole rings is 1. The molecule has 0 atom stereocenters. The first kappa shape index (κ1) is 17.6. The first-order chi connectivity index (χ1) is 13.9. The summed E-state index contributed by atoms with van der Waals surface area (Å²) in [6.07, 6.45) is 0. The van der Waals surface area contributed by atoms with Crippen molar-refractivity contribution in [1.82, 2.24) is 4.98 Å². The summed E-state index contributed by atoms with van der Waals surface area (Å²) in [4.78, 5) is 4.63. The zero-order valence-electron chi connectivity index (χ0n) is 16.6. The fourth-order valence-electron chi connectivity index (χ4n) is 3.32. The van der Waals surface area contributed by atoms with Crippen LogP contribution >= 0.6 is 0 Å². The zero-order valence-corrected chi connectivity index (χ0v) is 16.6. The number of benzene rings is 3. The Kier molecular flexibility index (Phi) is 3.98. The van der Waals surface area contributed by atoms with Gasteiger partial charge in [-0.1, -0.05) is 12.1 Å². The van der Waals surface area contributed by atoms with E-state index in [-0.39, 0.29) is 12.4 Å². The van der Waals surface area contributed by atoms with E-state index in [2.05, 4.69) is 4.98 Å². The van der Waals surface area contributed by atoms with Gasteiger partial charge in [0.25, 0.3) is 0 Å². The van der Waals surface area contributed by atoms with Gasteiger partial charge < -0.3 is 18.6 Å². The second kappa shape index (κ2) is 6.55. The van der Waals surface area contributed by atoms with Gasteiger partial charge in [-0.05, 0) is 80.4 Å². The van der Waals surface area contributed by atoms with Crippen molar-refractivity contribution in [2.75, 3.05) is 6.79 Å². The highest BCUT2D eigenvalue weighted by molar-refractivity contribution is 5.82. The molecule has 5 rings (SSSR count). The summed E-state index contributed by atoms with van der Waals surface area (Å²) < 4.78 is 22.8. The van der Waals surface area contributed by atoms with E-state index in [1.165, 1.54) is 0 Å². The fraction of sp³-hybridized carbons (Fsp3) is 0.208. The molecular formula is C24H21NO4. The molecule has 0 radical (unpaired) electrons. The molecule has 0 N–H and O–H groups in total. The second-order valence-electron chi connectivity index (χ2n) is 8.01. The first-order valence-corrected chi connectivity index (χ1v) is 9.55. The van der Waals surface area contributed by atoms with Crippen LogP contribution in [0.25, 0.3) is 33.7 Å².